The molecule has 0 unspecified atom stereocenters. The van der Waals surface area contributed by atoms with E-state index in [2.05, 4.69) is 27.3 Å². The van der Waals surface area contributed by atoms with Crippen molar-refractivity contribution in [1.29, 1.82) is 0 Å². The van der Waals surface area contributed by atoms with Crippen LogP contribution in [0.15, 0.2) is 71.9 Å². The molecule has 0 spiro atoms. The van der Waals surface area contributed by atoms with Gasteiger partial charge in [0.1, 0.15) is 5.70 Å². The first-order valence-electron chi connectivity index (χ1n) is 10.9. The maximum atomic E-state index is 13.3. The van der Waals surface area contributed by atoms with Crippen molar-refractivity contribution in [2.45, 2.75) is 25.8 Å². The lowest BCUT2D eigenvalue weighted by molar-refractivity contribution is -0.137. The summed E-state index contributed by atoms with van der Waals surface area (Å²) >= 11 is 1.45. The molecule has 4 heterocycles. The van der Waals surface area contributed by atoms with Gasteiger partial charge in [0.25, 0.3) is 11.8 Å². The molecule has 0 saturated carbocycles. The number of pyridine rings is 1. The van der Waals surface area contributed by atoms with Gasteiger partial charge in [-0.15, -0.1) is 11.3 Å². The summed E-state index contributed by atoms with van der Waals surface area (Å²) in [7, 11) is 0. The van der Waals surface area contributed by atoms with Crippen LogP contribution in [0.5, 0.6) is 0 Å². The third-order valence-corrected chi connectivity index (χ3v) is 6.73. The van der Waals surface area contributed by atoms with Crippen molar-refractivity contribution in [3.05, 3.63) is 82.4 Å². The van der Waals surface area contributed by atoms with Gasteiger partial charge >= 0.3 is 0 Å². The largest absolute Gasteiger partial charge is 0.372 e. The Morgan fingerprint density at radius 2 is 1.72 bits per heavy atom. The van der Waals surface area contributed by atoms with Crippen molar-refractivity contribution in [2.75, 3.05) is 23.3 Å². The zero-order valence-corrected chi connectivity index (χ0v) is 18.5. The number of imide groups is 1. The fourth-order valence-electron chi connectivity index (χ4n) is 4.19. The topological polar surface area (TPSA) is 65.5 Å². The Hall–Kier alpha value is -3.45. The van der Waals surface area contributed by atoms with Crippen LogP contribution in [0.2, 0.25) is 0 Å². The van der Waals surface area contributed by atoms with E-state index in [-0.39, 0.29) is 18.4 Å². The molecule has 0 atom stereocenters. The number of carbonyl (C=O) groups is 2. The summed E-state index contributed by atoms with van der Waals surface area (Å²) < 4.78 is 0. The highest BCUT2D eigenvalue weighted by atomic mass is 32.1. The summed E-state index contributed by atoms with van der Waals surface area (Å²) in [5, 5.41) is 5.15. The molecule has 0 bridgehead atoms. The molecule has 32 heavy (non-hydrogen) atoms. The number of piperidine rings is 1. The van der Waals surface area contributed by atoms with Gasteiger partial charge < -0.3 is 10.2 Å². The van der Waals surface area contributed by atoms with Gasteiger partial charge in [0.05, 0.1) is 17.8 Å². The Bertz CT molecular complexity index is 1130. The van der Waals surface area contributed by atoms with Crippen molar-refractivity contribution in [3.63, 3.8) is 0 Å². The van der Waals surface area contributed by atoms with Crippen LogP contribution in [-0.2, 0) is 16.1 Å². The second kappa shape index (κ2) is 8.96. The zero-order chi connectivity index (χ0) is 21.9. The quantitative estimate of drug-likeness (QED) is 0.566. The lowest BCUT2D eigenvalue weighted by Gasteiger charge is -2.28. The maximum Gasteiger partial charge on any atom is 0.278 e. The van der Waals surface area contributed by atoms with Gasteiger partial charge in [-0.2, -0.15) is 0 Å². The second-order valence-corrected chi connectivity index (χ2v) is 8.91. The normalized spacial score (nSPS) is 16.8. The van der Waals surface area contributed by atoms with Gasteiger partial charge in [-0.05, 0) is 67.1 Å². The van der Waals surface area contributed by atoms with Gasteiger partial charge in [-0.25, -0.2) is 0 Å². The van der Waals surface area contributed by atoms with E-state index in [1.807, 2.05) is 47.8 Å². The highest BCUT2D eigenvalue weighted by Gasteiger charge is 2.39. The highest BCUT2D eigenvalue weighted by Crippen LogP contribution is 2.34. The van der Waals surface area contributed by atoms with E-state index in [1.54, 1.807) is 6.20 Å². The molecule has 3 aromatic rings. The smallest absolute Gasteiger partial charge is 0.278 e. The molecule has 162 valence electrons. The monoisotopic (exact) mass is 444 g/mol. The Kier molecular flexibility index (Phi) is 5.73. The van der Waals surface area contributed by atoms with Crippen molar-refractivity contribution >= 4 is 40.1 Å². The molecule has 2 amide bonds. The van der Waals surface area contributed by atoms with Crippen molar-refractivity contribution in [2.24, 2.45) is 0 Å². The summed E-state index contributed by atoms with van der Waals surface area (Å²) in [6.07, 6.45) is 5.40. The number of carbonyl (C=O) groups excluding carboxylic acids is 2. The first kappa shape index (κ1) is 20.5. The molecule has 2 aliphatic heterocycles. The molecule has 2 aliphatic rings. The van der Waals surface area contributed by atoms with Crippen LogP contribution in [-0.4, -0.2) is 34.8 Å². The molecule has 0 aliphatic carbocycles. The standard InChI is InChI=1S/C25H24N4O2S/c30-24-22(21-8-6-16-32-21)23(25(31)29(24)17-19-7-2-3-13-26-19)27-18-9-11-20(12-10-18)28-14-4-1-5-15-28/h2-3,6-13,16,27H,1,4-5,14-15,17H2. The number of hydrogen-bond donors (Lipinski definition) is 1. The third-order valence-electron chi connectivity index (χ3n) is 5.84. The van der Waals surface area contributed by atoms with Gasteiger partial charge in [0.15, 0.2) is 0 Å². The Balaban J connectivity index is 1.42. The second-order valence-electron chi connectivity index (χ2n) is 7.96. The fraction of sp³-hybridized carbons (Fsp3) is 0.240. The zero-order valence-electron chi connectivity index (χ0n) is 17.7. The Morgan fingerprint density at radius 1 is 0.906 bits per heavy atom. The van der Waals surface area contributed by atoms with Crippen LogP contribution < -0.4 is 10.2 Å². The fourth-order valence-corrected chi connectivity index (χ4v) is 4.96. The minimum absolute atomic E-state index is 0.145. The number of thiophene rings is 1. The van der Waals surface area contributed by atoms with E-state index >= 15 is 0 Å². The number of amides is 2. The molecule has 7 heteroatoms. The molecule has 5 rings (SSSR count). The molecule has 1 aromatic carbocycles. The first-order chi connectivity index (χ1) is 15.7. The van der Waals surface area contributed by atoms with Crippen molar-refractivity contribution < 1.29 is 9.59 Å². The lowest BCUT2D eigenvalue weighted by Crippen LogP contribution is -2.32. The Morgan fingerprint density at radius 3 is 2.41 bits per heavy atom. The average Bonchev–Trinajstić information content (AvgIpc) is 3.44. The molecule has 0 radical (unpaired) electrons. The van der Waals surface area contributed by atoms with E-state index in [4.69, 9.17) is 0 Å². The number of nitrogens with zero attached hydrogens (tertiary/aromatic N) is 3. The third kappa shape index (κ3) is 4.03. The van der Waals surface area contributed by atoms with Crippen LogP contribution in [0.4, 0.5) is 11.4 Å². The number of nitrogens with one attached hydrogen (secondary N) is 1. The summed E-state index contributed by atoms with van der Waals surface area (Å²) in [6, 6.07) is 17.3. The van der Waals surface area contributed by atoms with Gasteiger partial charge in [0.2, 0.25) is 0 Å². The minimum atomic E-state index is -0.329. The van der Waals surface area contributed by atoms with E-state index in [9.17, 15) is 9.59 Å². The van der Waals surface area contributed by atoms with E-state index < -0.39 is 0 Å². The maximum absolute atomic E-state index is 13.3. The predicted molar refractivity (Wildman–Crippen MR) is 127 cm³/mol. The molecule has 1 saturated heterocycles. The molecule has 6 nitrogen and oxygen atoms in total. The van der Waals surface area contributed by atoms with E-state index in [1.165, 1.54) is 41.2 Å². The summed E-state index contributed by atoms with van der Waals surface area (Å²) in [4.78, 5) is 35.3. The number of aromatic nitrogens is 1. The van der Waals surface area contributed by atoms with Crippen LogP contribution in [0.25, 0.3) is 5.57 Å². The van der Waals surface area contributed by atoms with Crippen molar-refractivity contribution in [1.82, 2.24) is 9.88 Å². The number of anilines is 2. The lowest BCUT2D eigenvalue weighted by atomic mass is 10.1. The number of rotatable bonds is 6. The molecule has 1 fully saturated rings. The minimum Gasteiger partial charge on any atom is -0.372 e. The number of benzene rings is 1. The molecule has 1 N–H and O–H groups in total. The SMILES string of the molecule is O=C1C(Nc2ccc(N3CCCCC3)cc2)=C(c2cccs2)C(=O)N1Cc1ccccn1. The first-order valence-corrected chi connectivity index (χ1v) is 11.7. The average molecular weight is 445 g/mol. The summed E-state index contributed by atoms with van der Waals surface area (Å²) in [5.74, 6) is -0.625. The predicted octanol–water partition coefficient (Wildman–Crippen LogP) is 4.53. The van der Waals surface area contributed by atoms with E-state index in [0.717, 1.165) is 23.7 Å². The summed E-state index contributed by atoms with van der Waals surface area (Å²) in [6.45, 7) is 2.30. The van der Waals surface area contributed by atoms with Gasteiger partial charge in [-0.1, -0.05) is 12.1 Å². The van der Waals surface area contributed by atoms with Crippen LogP contribution in [0.1, 0.15) is 29.8 Å². The van der Waals surface area contributed by atoms with Crippen LogP contribution >= 0.6 is 11.3 Å². The highest BCUT2D eigenvalue weighted by molar-refractivity contribution is 7.11. The number of hydrogen-bond acceptors (Lipinski definition) is 6. The Labute approximate surface area is 191 Å². The van der Waals surface area contributed by atoms with Crippen LogP contribution in [0, 0.1) is 0 Å². The van der Waals surface area contributed by atoms with Gasteiger partial charge in [0, 0.05) is 35.5 Å². The van der Waals surface area contributed by atoms with E-state index in [0.29, 0.717) is 17.0 Å². The molecule has 2 aromatic heterocycles. The summed E-state index contributed by atoms with van der Waals surface area (Å²) in [5.41, 5.74) is 3.39. The van der Waals surface area contributed by atoms with Gasteiger partial charge in [-0.3, -0.25) is 19.5 Å². The van der Waals surface area contributed by atoms with Crippen LogP contribution in [0.3, 0.4) is 0 Å². The molecular weight excluding hydrogens is 420 g/mol. The van der Waals surface area contributed by atoms with Crippen molar-refractivity contribution in [3.8, 4) is 0 Å². The molecular formula is C25H24N4O2S.